The van der Waals surface area contributed by atoms with Gasteiger partial charge in [0.25, 0.3) is 0 Å². The maximum atomic E-state index is 6.45. The minimum absolute atomic E-state index is 0.0677. The molecular formula is C14H14Cl2N2S2. The first-order valence-electron chi connectivity index (χ1n) is 6.32. The SMILES string of the molecule is CC1CSC(Cn2ccnc2)(c2ccc(Cl)cc2Cl)S1. The first-order valence-corrected chi connectivity index (χ1v) is 8.94. The molecule has 0 aliphatic carbocycles. The molecule has 6 heteroatoms. The molecule has 0 amide bonds. The fourth-order valence-corrected chi connectivity index (χ4v) is 6.76. The van der Waals surface area contributed by atoms with Crippen molar-refractivity contribution in [1.29, 1.82) is 0 Å². The Morgan fingerprint density at radius 1 is 1.45 bits per heavy atom. The summed E-state index contributed by atoms with van der Waals surface area (Å²) in [6.07, 6.45) is 5.66. The summed E-state index contributed by atoms with van der Waals surface area (Å²) >= 11 is 16.4. The van der Waals surface area contributed by atoms with E-state index < -0.39 is 0 Å². The Bertz CT molecular complexity index is 603. The topological polar surface area (TPSA) is 17.8 Å². The Balaban J connectivity index is 2.01. The van der Waals surface area contributed by atoms with Crippen LogP contribution < -0.4 is 0 Å². The lowest BCUT2D eigenvalue weighted by Crippen LogP contribution is -2.22. The summed E-state index contributed by atoms with van der Waals surface area (Å²) in [5.74, 6) is 1.12. The largest absolute Gasteiger partial charge is 0.335 e. The van der Waals surface area contributed by atoms with Crippen LogP contribution in [0.15, 0.2) is 36.9 Å². The van der Waals surface area contributed by atoms with Gasteiger partial charge in [0.15, 0.2) is 0 Å². The smallest absolute Gasteiger partial charge is 0.106 e. The minimum Gasteiger partial charge on any atom is -0.335 e. The quantitative estimate of drug-likeness (QED) is 0.787. The van der Waals surface area contributed by atoms with Crippen molar-refractivity contribution in [3.05, 3.63) is 52.5 Å². The Morgan fingerprint density at radius 2 is 2.30 bits per heavy atom. The lowest BCUT2D eigenvalue weighted by molar-refractivity contribution is 0.652. The Morgan fingerprint density at radius 3 is 2.90 bits per heavy atom. The van der Waals surface area contributed by atoms with Crippen LogP contribution in [0.4, 0.5) is 0 Å². The van der Waals surface area contributed by atoms with Gasteiger partial charge < -0.3 is 4.57 Å². The van der Waals surface area contributed by atoms with E-state index in [0.717, 1.165) is 22.9 Å². The second-order valence-corrected chi connectivity index (χ2v) is 9.01. The van der Waals surface area contributed by atoms with Gasteiger partial charge in [-0.05, 0) is 17.7 Å². The summed E-state index contributed by atoms with van der Waals surface area (Å²) in [5, 5.41) is 2.03. The number of halogens is 2. The summed E-state index contributed by atoms with van der Waals surface area (Å²) in [5.41, 5.74) is 1.15. The second-order valence-electron chi connectivity index (χ2n) is 4.85. The maximum Gasteiger partial charge on any atom is 0.106 e. The monoisotopic (exact) mass is 344 g/mol. The summed E-state index contributed by atoms with van der Waals surface area (Å²) in [6, 6.07) is 5.81. The standard InChI is InChI=1S/C14H14Cl2N2S2/c1-10-7-19-14(20-10,8-18-5-4-17-9-18)12-3-2-11(15)6-13(12)16/h2-6,9-10H,7-8H2,1H3. The number of hydrogen-bond acceptors (Lipinski definition) is 3. The highest BCUT2D eigenvalue weighted by atomic mass is 35.5. The van der Waals surface area contributed by atoms with Crippen LogP contribution in [0.1, 0.15) is 12.5 Å². The predicted molar refractivity (Wildman–Crippen MR) is 89.9 cm³/mol. The summed E-state index contributed by atoms with van der Waals surface area (Å²) in [4.78, 5) is 4.13. The molecule has 1 fully saturated rings. The molecule has 1 aromatic heterocycles. The summed E-state index contributed by atoms with van der Waals surface area (Å²) in [6.45, 7) is 3.12. The molecular weight excluding hydrogens is 331 g/mol. The Hall–Kier alpha value is -0.290. The van der Waals surface area contributed by atoms with Crippen molar-refractivity contribution in [1.82, 2.24) is 9.55 Å². The van der Waals surface area contributed by atoms with Gasteiger partial charge >= 0.3 is 0 Å². The average molecular weight is 345 g/mol. The fourth-order valence-electron chi connectivity index (χ4n) is 2.37. The lowest BCUT2D eigenvalue weighted by atomic mass is 10.1. The van der Waals surface area contributed by atoms with Gasteiger partial charge in [-0.15, -0.1) is 23.5 Å². The molecule has 2 atom stereocenters. The van der Waals surface area contributed by atoms with Gasteiger partial charge in [-0.1, -0.05) is 36.2 Å². The highest BCUT2D eigenvalue weighted by Gasteiger charge is 2.42. The minimum atomic E-state index is -0.0677. The van der Waals surface area contributed by atoms with E-state index in [1.54, 1.807) is 0 Å². The zero-order chi connectivity index (χ0) is 14.2. The number of aromatic nitrogens is 2. The summed E-state index contributed by atoms with van der Waals surface area (Å²) < 4.78 is 2.05. The van der Waals surface area contributed by atoms with Crippen LogP contribution in [0.2, 0.25) is 10.0 Å². The van der Waals surface area contributed by atoms with Crippen molar-refractivity contribution in [3.63, 3.8) is 0 Å². The van der Waals surface area contributed by atoms with E-state index in [0.29, 0.717) is 10.3 Å². The third-order valence-corrected chi connectivity index (χ3v) is 7.42. The molecule has 0 bridgehead atoms. The van der Waals surface area contributed by atoms with E-state index in [4.69, 9.17) is 23.2 Å². The molecule has 0 radical (unpaired) electrons. The molecule has 0 saturated carbocycles. The van der Waals surface area contributed by atoms with Crippen molar-refractivity contribution in [3.8, 4) is 0 Å². The molecule has 3 rings (SSSR count). The number of benzene rings is 1. The van der Waals surface area contributed by atoms with Crippen LogP contribution in [-0.2, 0) is 10.6 Å². The van der Waals surface area contributed by atoms with E-state index in [-0.39, 0.29) is 4.08 Å². The highest BCUT2D eigenvalue weighted by molar-refractivity contribution is 8.21. The molecule has 2 unspecified atom stereocenters. The van der Waals surface area contributed by atoms with E-state index in [9.17, 15) is 0 Å². The first kappa shape index (κ1) is 14.6. The molecule has 2 aromatic rings. The van der Waals surface area contributed by atoms with Crippen LogP contribution in [0, 0.1) is 0 Å². The lowest BCUT2D eigenvalue weighted by Gasteiger charge is -2.29. The number of hydrogen-bond donors (Lipinski definition) is 0. The third-order valence-electron chi connectivity index (χ3n) is 3.23. The van der Waals surface area contributed by atoms with Crippen molar-refractivity contribution in [2.45, 2.75) is 22.8 Å². The molecule has 0 spiro atoms. The Kier molecular flexibility index (Phi) is 4.27. The molecule has 106 valence electrons. The number of rotatable bonds is 3. The van der Waals surface area contributed by atoms with Crippen LogP contribution in [0.25, 0.3) is 0 Å². The number of imidazole rings is 1. The fraction of sp³-hybridized carbons (Fsp3) is 0.357. The van der Waals surface area contributed by atoms with Gasteiger partial charge in [0.05, 0.1) is 12.9 Å². The van der Waals surface area contributed by atoms with Crippen LogP contribution >= 0.6 is 46.7 Å². The molecule has 1 saturated heterocycles. The molecule has 2 nitrogen and oxygen atoms in total. The van der Waals surface area contributed by atoms with Crippen molar-refractivity contribution in [2.75, 3.05) is 5.75 Å². The van der Waals surface area contributed by atoms with Gasteiger partial charge in [-0.2, -0.15) is 0 Å². The summed E-state index contributed by atoms with van der Waals surface area (Å²) in [7, 11) is 0. The highest BCUT2D eigenvalue weighted by Crippen LogP contribution is 2.57. The normalized spacial score (nSPS) is 26.1. The van der Waals surface area contributed by atoms with E-state index in [1.165, 1.54) is 0 Å². The molecule has 20 heavy (non-hydrogen) atoms. The predicted octanol–water partition coefficient (Wildman–Crippen LogP) is 4.91. The number of thioether (sulfide) groups is 2. The van der Waals surface area contributed by atoms with Crippen molar-refractivity contribution < 1.29 is 0 Å². The molecule has 1 aromatic carbocycles. The van der Waals surface area contributed by atoms with Crippen LogP contribution in [0.5, 0.6) is 0 Å². The van der Waals surface area contributed by atoms with Crippen molar-refractivity contribution in [2.24, 2.45) is 0 Å². The maximum absolute atomic E-state index is 6.45. The van der Waals surface area contributed by atoms with Gasteiger partial charge in [0, 0.05) is 33.4 Å². The van der Waals surface area contributed by atoms with E-state index >= 15 is 0 Å². The van der Waals surface area contributed by atoms with E-state index in [1.807, 2.05) is 54.4 Å². The first-order chi connectivity index (χ1) is 9.59. The van der Waals surface area contributed by atoms with Gasteiger partial charge in [-0.3, -0.25) is 0 Å². The van der Waals surface area contributed by atoms with E-state index in [2.05, 4.69) is 22.5 Å². The van der Waals surface area contributed by atoms with Crippen molar-refractivity contribution >= 4 is 46.7 Å². The number of nitrogens with zero attached hydrogens (tertiary/aromatic N) is 2. The van der Waals surface area contributed by atoms with Crippen LogP contribution in [-0.4, -0.2) is 20.6 Å². The van der Waals surface area contributed by atoms with Gasteiger partial charge in [-0.25, -0.2) is 4.98 Å². The van der Waals surface area contributed by atoms with Gasteiger partial charge in [0.2, 0.25) is 0 Å². The zero-order valence-corrected chi connectivity index (χ0v) is 14.1. The molecule has 0 N–H and O–H groups in total. The zero-order valence-electron chi connectivity index (χ0n) is 10.9. The molecule has 1 aliphatic rings. The third kappa shape index (κ3) is 2.84. The van der Waals surface area contributed by atoms with Gasteiger partial charge in [0.1, 0.15) is 4.08 Å². The molecule has 1 aliphatic heterocycles. The van der Waals surface area contributed by atoms with Crippen LogP contribution in [0.3, 0.4) is 0 Å². The average Bonchev–Trinajstić information content (AvgIpc) is 3.00. The Labute approximate surface area is 137 Å². The second kappa shape index (κ2) is 5.84. The molecule has 2 heterocycles.